The van der Waals surface area contributed by atoms with E-state index in [-0.39, 0.29) is 11.9 Å². The van der Waals surface area contributed by atoms with Gasteiger partial charge in [0.05, 0.1) is 23.3 Å². The van der Waals surface area contributed by atoms with Gasteiger partial charge in [-0.05, 0) is 37.6 Å². The molecule has 0 aliphatic carbocycles. The molecule has 5 heteroatoms. The van der Waals surface area contributed by atoms with Gasteiger partial charge in [0.25, 0.3) is 5.91 Å². The third-order valence-corrected chi connectivity index (χ3v) is 4.90. The fourth-order valence-corrected chi connectivity index (χ4v) is 3.45. The summed E-state index contributed by atoms with van der Waals surface area (Å²) >= 11 is 0. The lowest BCUT2D eigenvalue weighted by Gasteiger charge is -2.16. The minimum absolute atomic E-state index is 0.199. The van der Waals surface area contributed by atoms with Crippen LogP contribution in [0.25, 0.3) is 11.0 Å². The lowest BCUT2D eigenvalue weighted by molar-refractivity contribution is 0.0909. The number of hydrogen-bond donors (Lipinski definition) is 1. The zero-order valence-corrected chi connectivity index (χ0v) is 16.3. The minimum Gasteiger partial charge on any atom is -0.459 e. The van der Waals surface area contributed by atoms with Gasteiger partial charge in [-0.25, -0.2) is 4.98 Å². The van der Waals surface area contributed by atoms with E-state index in [1.165, 1.54) is 38.4 Å². The molecule has 0 spiro atoms. The predicted molar refractivity (Wildman–Crippen MR) is 108 cm³/mol. The second-order valence-electron chi connectivity index (χ2n) is 7.05. The maximum Gasteiger partial charge on any atom is 0.287 e. The first-order valence-corrected chi connectivity index (χ1v) is 10.00. The molecule has 0 saturated heterocycles. The Labute approximate surface area is 160 Å². The maximum atomic E-state index is 12.3. The molecule has 0 aliphatic rings. The van der Waals surface area contributed by atoms with Gasteiger partial charge < -0.3 is 14.3 Å². The van der Waals surface area contributed by atoms with Crippen molar-refractivity contribution < 1.29 is 9.21 Å². The topological polar surface area (TPSA) is 60.1 Å². The highest BCUT2D eigenvalue weighted by atomic mass is 16.3. The Kier molecular flexibility index (Phi) is 6.69. The quantitative estimate of drug-likeness (QED) is 0.483. The van der Waals surface area contributed by atoms with Crippen LogP contribution < -0.4 is 5.32 Å². The fraction of sp³-hybridized carbons (Fsp3) is 0.455. The van der Waals surface area contributed by atoms with E-state index in [0.29, 0.717) is 5.76 Å². The van der Waals surface area contributed by atoms with Crippen LogP contribution in [0.3, 0.4) is 0 Å². The molecule has 0 saturated carbocycles. The molecule has 1 atom stereocenters. The van der Waals surface area contributed by atoms with Crippen LogP contribution in [0.2, 0.25) is 0 Å². The van der Waals surface area contributed by atoms with E-state index < -0.39 is 0 Å². The summed E-state index contributed by atoms with van der Waals surface area (Å²) in [5.41, 5.74) is 2.10. The summed E-state index contributed by atoms with van der Waals surface area (Å²) in [5.74, 6) is 0.996. The van der Waals surface area contributed by atoms with Crippen molar-refractivity contribution in [3.05, 3.63) is 54.2 Å². The highest BCUT2D eigenvalue weighted by molar-refractivity contribution is 5.91. The van der Waals surface area contributed by atoms with Gasteiger partial charge in [0, 0.05) is 6.54 Å². The molecule has 2 aromatic heterocycles. The lowest BCUT2D eigenvalue weighted by atomic mass is 10.1. The molecule has 27 heavy (non-hydrogen) atoms. The largest absolute Gasteiger partial charge is 0.459 e. The molecule has 3 rings (SSSR count). The van der Waals surface area contributed by atoms with Crippen molar-refractivity contribution in [1.82, 2.24) is 14.9 Å². The number of amides is 1. The van der Waals surface area contributed by atoms with Gasteiger partial charge >= 0.3 is 0 Å². The number of fused-ring (bicyclic) bond motifs is 1. The summed E-state index contributed by atoms with van der Waals surface area (Å²) in [6.45, 7) is 5.13. The molecule has 0 radical (unpaired) electrons. The number of carbonyl (C=O) groups excluding carboxylic acids is 1. The van der Waals surface area contributed by atoms with Crippen molar-refractivity contribution in [2.45, 2.75) is 65.0 Å². The minimum atomic E-state index is -0.217. The monoisotopic (exact) mass is 367 g/mol. The molecule has 3 aromatic rings. The number of rotatable bonds is 10. The SMILES string of the molecule is CCCCCCCCn1c(C(C)NC(=O)c2ccco2)nc2ccccc21. The first-order valence-electron chi connectivity index (χ1n) is 10.00. The third kappa shape index (κ3) is 4.79. The Balaban J connectivity index is 1.72. The van der Waals surface area contributed by atoms with Gasteiger partial charge in [0.2, 0.25) is 0 Å². The zero-order valence-electron chi connectivity index (χ0n) is 16.3. The molecule has 1 unspecified atom stereocenters. The average molecular weight is 367 g/mol. The first-order chi connectivity index (χ1) is 13.2. The van der Waals surface area contributed by atoms with Crippen LogP contribution in [0, 0.1) is 0 Å². The van der Waals surface area contributed by atoms with Crippen LogP contribution in [0.4, 0.5) is 0 Å². The molecule has 0 bridgehead atoms. The number of carbonyl (C=O) groups is 1. The van der Waals surface area contributed by atoms with Crippen molar-refractivity contribution >= 4 is 16.9 Å². The van der Waals surface area contributed by atoms with E-state index >= 15 is 0 Å². The van der Waals surface area contributed by atoms with Gasteiger partial charge in [0.15, 0.2) is 5.76 Å². The summed E-state index contributed by atoms with van der Waals surface area (Å²) < 4.78 is 7.45. The third-order valence-electron chi connectivity index (χ3n) is 4.90. The number of benzene rings is 1. The Morgan fingerprint density at radius 3 is 2.67 bits per heavy atom. The van der Waals surface area contributed by atoms with Crippen LogP contribution in [0.1, 0.15) is 74.8 Å². The van der Waals surface area contributed by atoms with Crippen LogP contribution in [0.5, 0.6) is 0 Å². The Hall–Kier alpha value is -2.56. The normalized spacial score (nSPS) is 12.4. The van der Waals surface area contributed by atoms with E-state index in [2.05, 4.69) is 22.9 Å². The molecule has 1 aromatic carbocycles. The second-order valence-corrected chi connectivity index (χ2v) is 7.05. The number of para-hydroxylation sites is 2. The molecule has 144 valence electrons. The lowest BCUT2D eigenvalue weighted by Crippen LogP contribution is -2.28. The fourth-order valence-electron chi connectivity index (χ4n) is 3.45. The van der Waals surface area contributed by atoms with Crippen LogP contribution in [-0.4, -0.2) is 15.5 Å². The number of furan rings is 1. The van der Waals surface area contributed by atoms with Crippen molar-refractivity contribution in [3.8, 4) is 0 Å². The summed E-state index contributed by atoms with van der Waals surface area (Å²) in [6, 6.07) is 11.4. The number of imidazole rings is 1. The number of aromatic nitrogens is 2. The highest BCUT2D eigenvalue weighted by Crippen LogP contribution is 2.22. The Morgan fingerprint density at radius 1 is 1.11 bits per heavy atom. The molecule has 0 aliphatic heterocycles. The predicted octanol–water partition coefficient (Wildman–Crippen LogP) is 5.48. The molecule has 0 fully saturated rings. The van der Waals surface area contributed by atoms with E-state index in [4.69, 9.17) is 9.40 Å². The summed E-state index contributed by atoms with van der Waals surface area (Å²) in [7, 11) is 0. The van der Waals surface area contributed by atoms with Gasteiger partial charge in [-0.3, -0.25) is 4.79 Å². The average Bonchev–Trinajstić information content (AvgIpc) is 3.33. The molecule has 1 amide bonds. The number of nitrogens with zero attached hydrogens (tertiary/aromatic N) is 2. The first kappa shape index (κ1) is 19.2. The number of nitrogens with one attached hydrogen (secondary N) is 1. The van der Waals surface area contributed by atoms with Gasteiger partial charge in [0.1, 0.15) is 5.82 Å². The number of hydrogen-bond acceptors (Lipinski definition) is 3. The molecule has 2 heterocycles. The molecular weight excluding hydrogens is 338 g/mol. The smallest absolute Gasteiger partial charge is 0.287 e. The van der Waals surface area contributed by atoms with Crippen LogP contribution in [0.15, 0.2) is 47.1 Å². The van der Waals surface area contributed by atoms with Crippen molar-refractivity contribution in [3.63, 3.8) is 0 Å². The zero-order chi connectivity index (χ0) is 19.1. The van der Waals surface area contributed by atoms with E-state index in [1.807, 2.05) is 25.1 Å². The second kappa shape index (κ2) is 9.40. The van der Waals surface area contributed by atoms with E-state index in [1.54, 1.807) is 12.1 Å². The highest BCUT2D eigenvalue weighted by Gasteiger charge is 2.19. The number of unbranched alkanes of at least 4 members (excludes halogenated alkanes) is 5. The van der Waals surface area contributed by atoms with Crippen LogP contribution in [-0.2, 0) is 6.54 Å². The molecular formula is C22H29N3O2. The number of aryl methyl sites for hydroxylation is 1. The van der Waals surface area contributed by atoms with Crippen LogP contribution >= 0.6 is 0 Å². The van der Waals surface area contributed by atoms with Gasteiger partial charge in [-0.2, -0.15) is 0 Å². The standard InChI is InChI=1S/C22H29N3O2/c1-3-4-5-6-7-10-15-25-19-13-9-8-12-18(19)24-21(25)17(2)23-22(26)20-14-11-16-27-20/h8-9,11-14,16-17H,3-7,10,15H2,1-2H3,(H,23,26). The van der Waals surface area contributed by atoms with Crippen molar-refractivity contribution in [2.24, 2.45) is 0 Å². The van der Waals surface area contributed by atoms with Crippen molar-refractivity contribution in [1.29, 1.82) is 0 Å². The summed E-state index contributed by atoms with van der Waals surface area (Å²) in [5, 5.41) is 3.00. The van der Waals surface area contributed by atoms with Crippen molar-refractivity contribution in [2.75, 3.05) is 0 Å². The Bertz CT molecular complexity index is 852. The maximum absolute atomic E-state index is 12.3. The Morgan fingerprint density at radius 2 is 1.89 bits per heavy atom. The van der Waals surface area contributed by atoms with E-state index in [0.717, 1.165) is 29.8 Å². The van der Waals surface area contributed by atoms with Gasteiger partial charge in [-0.15, -0.1) is 0 Å². The van der Waals surface area contributed by atoms with E-state index in [9.17, 15) is 4.79 Å². The summed E-state index contributed by atoms with van der Waals surface area (Å²) in [6.07, 6.45) is 9.02. The summed E-state index contributed by atoms with van der Waals surface area (Å²) in [4.78, 5) is 17.1. The van der Waals surface area contributed by atoms with Gasteiger partial charge in [-0.1, -0.05) is 51.2 Å². The molecule has 5 nitrogen and oxygen atoms in total. The molecule has 1 N–H and O–H groups in total.